The van der Waals surface area contributed by atoms with Crippen LogP contribution in [0.2, 0.25) is 0 Å². The molecule has 1 saturated carbocycles. The van der Waals surface area contributed by atoms with E-state index in [-0.39, 0.29) is 11.6 Å². The summed E-state index contributed by atoms with van der Waals surface area (Å²) in [6, 6.07) is 3.76. The first kappa shape index (κ1) is 14.4. The van der Waals surface area contributed by atoms with Gasteiger partial charge in [0.05, 0.1) is 0 Å². The van der Waals surface area contributed by atoms with Crippen LogP contribution < -0.4 is 5.32 Å². The Bertz CT molecular complexity index is 399. The molecule has 1 N–H and O–H groups in total. The van der Waals surface area contributed by atoms with Crippen molar-refractivity contribution in [2.75, 3.05) is 6.54 Å². The third-order valence-electron chi connectivity index (χ3n) is 4.19. The fraction of sp³-hybridized carbons (Fsp3) is 0.625. The smallest absolute Gasteiger partial charge is 0.130 e. The molecule has 19 heavy (non-hydrogen) atoms. The van der Waals surface area contributed by atoms with E-state index < -0.39 is 11.6 Å². The van der Waals surface area contributed by atoms with E-state index in [1.54, 1.807) is 0 Å². The van der Waals surface area contributed by atoms with E-state index in [9.17, 15) is 8.78 Å². The molecule has 1 aliphatic carbocycles. The van der Waals surface area contributed by atoms with Crippen molar-refractivity contribution in [1.82, 2.24) is 5.32 Å². The van der Waals surface area contributed by atoms with Gasteiger partial charge in [-0.2, -0.15) is 0 Å². The van der Waals surface area contributed by atoms with Crippen molar-refractivity contribution in [3.05, 3.63) is 35.4 Å². The predicted molar refractivity (Wildman–Crippen MR) is 73.9 cm³/mol. The van der Waals surface area contributed by atoms with Crippen molar-refractivity contribution in [3.63, 3.8) is 0 Å². The topological polar surface area (TPSA) is 12.0 Å². The van der Waals surface area contributed by atoms with Gasteiger partial charge in [0.15, 0.2) is 0 Å². The summed E-state index contributed by atoms with van der Waals surface area (Å²) in [6.45, 7) is 4.96. The summed E-state index contributed by atoms with van der Waals surface area (Å²) in [5.74, 6) is 0.496. The lowest BCUT2D eigenvalue weighted by molar-refractivity contribution is 0.267. The summed E-state index contributed by atoms with van der Waals surface area (Å²) < 4.78 is 27.3. The average Bonchev–Trinajstić information content (AvgIpc) is 2.36. The van der Waals surface area contributed by atoms with Crippen molar-refractivity contribution >= 4 is 0 Å². The fourth-order valence-corrected chi connectivity index (χ4v) is 3.12. The molecule has 106 valence electrons. The van der Waals surface area contributed by atoms with Gasteiger partial charge < -0.3 is 5.32 Å². The Balaban J connectivity index is 1.92. The number of halogens is 2. The van der Waals surface area contributed by atoms with Crippen molar-refractivity contribution in [3.8, 4) is 0 Å². The first-order valence-electron chi connectivity index (χ1n) is 7.25. The zero-order chi connectivity index (χ0) is 13.8. The van der Waals surface area contributed by atoms with Gasteiger partial charge in [-0.15, -0.1) is 0 Å². The number of rotatable bonds is 4. The van der Waals surface area contributed by atoms with Crippen LogP contribution in [0.3, 0.4) is 0 Å². The minimum absolute atomic E-state index is 0.159. The van der Waals surface area contributed by atoms with Gasteiger partial charge in [0, 0.05) is 11.6 Å². The molecular formula is C16H23F2N. The van der Waals surface area contributed by atoms with E-state index in [1.807, 2.05) is 6.92 Å². The molecule has 1 aromatic rings. The largest absolute Gasteiger partial charge is 0.310 e. The normalized spacial score (nSPS) is 25.3. The Morgan fingerprint density at radius 1 is 1.26 bits per heavy atom. The van der Waals surface area contributed by atoms with Gasteiger partial charge in [0.25, 0.3) is 0 Å². The zero-order valence-electron chi connectivity index (χ0n) is 11.8. The van der Waals surface area contributed by atoms with Crippen molar-refractivity contribution in [2.45, 2.75) is 45.6 Å². The van der Waals surface area contributed by atoms with Gasteiger partial charge in [-0.3, -0.25) is 0 Å². The second-order valence-electron chi connectivity index (χ2n) is 5.90. The fourth-order valence-electron chi connectivity index (χ4n) is 3.12. The molecular weight excluding hydrogens is 244 g/mol. The van der Waals surface area contributed by atoms with Crippen LogP contribution in [-0.2, 0) is 0 Å². The Hall–Kier alpha value is -0.960. The summed E-state index contributed by atoms with van der Waals surface area (Å²) in [5, 5.41) is 3.29. The summed E-state index contributed by atoms with van der Waals surface area (Å²) in [4.78, 5) is 0. The highest BCUT2D eigenvalue weighted by Crippen LogP contribution is 2.29. The molecule has 1 nitrogen and oxygen atoms in total. The Morgan fingerprint density at radius 3 is 2.58 bits per heavy atom. The monoisotopic (exact) mass is 267 g/mol. The lowest BCUT2D eigenvalue weighted by Gasteiger charge is -2.28. The van der Waals surface area contributed by atoms with Gasteiger partial charge in [-0.05, 0) is 50.3 Å². The number of hydrogen-bond acceptors (Lipinski definition) is 1. The third-order valence-corrected chi connectivity index (χ3v) is 4.19. The van der Waals surface area contributed by atoms with Crippen LogP contribution >= 0.6 is 0 Å². The molecule has 0 aliphatic heterocycles. The first-order chi connectivity index (χ1) is 9.08. The molecule has 3 unspecified atom stereocenters. The van der Waals surface area contributed by atoms with Crippen LogP contribution in [0.4, 0.5) is 8.78 Å². The maximum absolute atomic E-state index is 13.6. The van der Waals surface area contributed by atoms with E-state index in [0.717, 1.165) is 12.5 Å². The van der Waals surface area contributed by atoms with Crippen LogP contribution in [0.1, 0.15) is 51.1 Å². The molecule has 0 saturated heterocycles. The zero-order valence-corrected chi connectivity index (χ0v) is 11.8. The van der Waals surface area contributed by atoms with Crippen molar-refractivity contribution in [2.24, 2.45) is 11.8 Å². The number of nitrogens with one attached hydrogen (secondary N) is 1. The molecule has 2 rings (SSSR count). The molecule has 0 radical (unpaired) electrons. The van der Waals surface area contributed by atoms with Gasteiger partial charge in [-0.1, -0.05) is 25.8 Å². The molecule has 0 amide bonds. The summed E-state index contributed by atoms with van der Waals surface area (Å²) >= 11 is 0. The van der Waals surface area contributed by atoms with Gasteiger partial charge >= 0.3 is 0 Å². The molecule has 0 spiro atoms. The van der Waals surface area contributed by atoms with Gasteiger partial charge in [-0.25, -0.2) is 8.78 Å². The maximum Gasteiger partial charge on any atom is 0.130 e. The summed E-state index contributed by atoms with van der Waals surface area (Å²) in [7, 11) is 0. The van der Waals surface area contributed by atoms with E-state index in [0.29, 0.717) is 5.92 Å². The SMILES string of the molecule is CC1CCCC(CNC(C)c2c(F)cccc2F)C1. The number of benzene rings is 1. The lowest BCUT2D eigenvalue weighted by Crippen LogP contribution is -2.29. The van der Waals surface area contributed by atoms with E-state index >= 15 is 0 Å². The minimum Gasteiger partial charge on any atom is -0.310 e. The van der Waals surface area contributed by atoms with Crippen LogP contribution in [-0.4, -0.2) is 6.54 Å². The lowest BCUT2D eigenvalue weighted by atomic mass is 9.82. The Morgan fingerprint density at radius 2 is 1.95 bits per heavy atom. The van der Waals surface area contributed by atoms with Crippen molar-refractivity contribution in [1.29, 1.82) is 0 Å². The highest BCUT2D eigenvalue weighted by Gasteiger charge is 2.21. The van der Waals surface area contributed by atoms with Crippen LogP contribution in [0.15, 0.2) is 18.2 Å². The van der Waals surface area contributed by atoms with Crippen LogP contribution in [0.5, 0.6) is 0 Å². The van der Waals surface area contributed by atoms with E-state index in [2.05, 4.69) is 12.2 Å². The molecule has 0 bridgehead atoms. The molecule has 1 aliphatic rings. The van der Waals surface area contributed by atoms with Crippen molar-refractivity contribution < 1.29 is 8.78 Å². The maximum atomic E-state index is 13.6. The van der Waals surface area contributed by atoms with E-state index in [4.69, 9.17) is 0 Å². The second-order valence-corrected chi connectivity index (χ2v) is 5.90. The Labute approximate surface area is 114 Å². The van der Waals surface area contributed by atoms with Gasteiger partial charge in [0.1, 0.15) is 11.6 Å². The highest BCUT2D eigenvalue weighted by atomic mass is 19.1. The summed E-state index contributed by atoms with van der Waals surface area (Å²) in [6.07, 6.45) is 5.03. The molecule has 1 aromatic carbocycles. The molecule has 0 aromatic heterocycles. The predicted octanol–water partition coefficient (Wildman–Crippen LogP) is 4.44. The minimum atomic E-state index is -0.461. The van der Waals surface area contributed by atoms with E-state index in [1.165, 1.54) is 43.9 Å². The second kappa shape index (κ2) is 6.47. The quantitative estimate of drug-likeness (QED) is 0.850. The average molecular weight is 267 g/mol. The molecule has 3 heteroatoms. The van der Waals surface area contributed by atoms with Gasteiger partial charge in [0.2, 0.25) is 0 Å². The van der Waals surface area contributed by atoms with Crippen LogP contribution in [0, 0.1) is 23.5 Å². The highest BCUT2D eigenvalue weighted by molar-refractivity contribution is 5.22. The molecule has 3 atom stereocenters. The van der Waals surface area contributed by atoms with Crippen LogP contribution in [0.25, 0.3) is 0 Å². The molecule has 0 heterocycles. The summed E-state index contributed by atoms with van der Waals surface area (Å²) in [5.41, 5.74) is 0.159. The molecule has 1 fully saturated rings. The third kappa shape index (κ3) is 3.75. The first-order valence-corrected chi connectivity index (χ1v) is 7.25. The number of hydrogen-bond donors (Lipinski definition) is 1. The standard InChI is InChI=1S/C16H23F2N/c1-11-5-3-6-13(9-11)10-19-12(2)16-14(17)7-4-8-15(16)18/h4,7-8,11-13,19H,3,5-6,9-10H2,1-2H3. The Kier molecular flexibility index (Phi) is 4.92.